The number of para-hydroxylation sites is 1. The van der Waals surface area contributed by atoms with Gasteiger partial charge in [0.25, 0.3) is 0 Å². The molecule has 2 aromatic carbocycles. The van der Waals surface area contributed by atoms with E-state index in [0.29, 0.717) is 22.3 Å². The first kappa shape index (κ1) is 15.6. The first-order valence-corrected chi connectivity index (χ1v) is 8.89. The van der Waals surface area contributed by atoms with Crippen LogP contribution in [0.1, 0.15) is 10.4 Å². The van der Waals surface area contributed by atoms with Crippen molar-refractivity contribution in [1.82, 2.24) is 15.2 Å². The third-order valence-electron chi connectivity index (χ3n) is 3.81. The molecule has 1 N–H and O–H groups in total. The van der Waals surface area contributed by atoms with Gasteiger partial charge in [-0.15, -0.1) is 10.2 Å². The summed E-state index contributed by atoms with van der Waals surface area (Å²) >= 11 is 1.37. The van der Waals surface area contributed by atoms with Crippen molar-refractivity contribution in [2.24, 2.45) is 0 Å². The standard InChI is InChI=1S/C18H14N4O2S/c1-25-18-20-16-14(21-22-18)12-9-5-6-10-13(12)19-17(24-16)15(23)11-7-3-2-4-8-11/h2-10,17,19H,1H3/t17-/m1/s1. The van der Waals surface area contributed by atoms with Crippen LogP contribution in [0, 0.1) is 0 Å². The number of ether oxygens (including phenoxy) is 1. The highest BCUT2D eigenvalue weighted by molar-refractivity contribution is 7.98. The van der Waals surface area contributed by atoms with E-state index in [4.69, 9.17) is 4.74 Å². The molecule has 3 aromatic rings. The SMILES string of the molecule is CSc1nnc2c(n1)O[C@H](C(=O)c1ccccc1)Nc1ccccc1-2. The van der Waals surface area contributed by atoms with Gasteiger partial charge in [-0.3, -0.25) is 4.79 Å². The Morgan fingerprint density at radius 3 is 2.64 bits per heavy atom. The molecule has 0 unspecified atom stereocenters. The predicted molar refractivity (Wildman–Crippen MR) is 95.9 cm³/mol. The minimum absolute atomic E-state index is 0.174. The van der Waals surface area contributed by atoms with Crippen LogP contribution in [0.15, 0.2) is 59.8 Å². The van der Waals surface area contributed by atoms with Crippen molar-refractivity contribution in [3.05, 3.63) is 60.2 Å². The number of thioether (sulfide) groups is 1. The molecule has 0 saturated heterocycles. The second-order valence-corrected chi connectivity index (χ2v) is 6.14. The van der Waals surface area contributed by atoms with Crippen molar-refractivity contribution in [2.75, 3.05) is 11.6 Å². The zero-order chi connectivity index (χ0) is 17.2. The lowest BCUT2D eigenvalue weighted by Gasteiger charge is -2.17. The number of Topliss-reactive ketones (excluding diaryl/α,β-unsaturated/α-hetero) is 1. The van der Waals surface area contributed by atoms with E-state index in [1.54, 1.807) is 12.1 Å². The highest BCUT2D eigenvalue weighted by Gasteiger charge is 2.29. The van der Waals surface area contributed by atoms with Gasteiger partial charge in [-0.1, -0.05) is 60.3 Å². The van der Waals surface area contributed by atoms with Crippen molar-refractivity contribution in [1.29, 1.82) is 0 Å². The third-order valence-corrected chi connectivity index (χ3v) is 4.35. The molecule has 4 rings (SSSR count). The third kappa shape index (κ3) is 2.94. The van der Waals surface area contributed by atoms with Gasteiger partial charge >= 0.3 is 0 Å². The van der Waals surface area contributed by atoms with Crippen LogP contribution in [0.4, 0.5) is 5.69 Å². The maximum atomic E-state index is 12.9. The largest absolute Gasteiger partial charge is 0.444 e. The van der Waals surface area contributed by atoms with Gasteiger partial charge in [0.05, 0.1) is 0 Å². The normalized spacial score (nSPS) is 15.2. The van der Waals surface area contributed by atoms with Crippen LogP contribution in [-0.4, -0.2) is 33.4 Å². The molecular formula is C18H14N4O2S. The van der Waals surface area contributed by atoms with Crippen LogP contribution in [0.25, 0.3) is 11.3 Å². The molecule has 0 saturated carbocycles. The number of nitrogens with one attached hydrogen (secondary N) is 1. The first-order chi connectivity index (χ1) is 12.3. The van der Waals surface area contributed by atoms with Crippen molar-refractivity contribution in [3.8, 4) is 17.1 Å². The molecule has 124 valence electrons. The highest BCUT2D eigenvalue weighted by atomic mass is 32.2. The van der Waals surface area contributed by atoms with E-state index in [9.17, 15) is 4.79 Å². The monoisotopic (exact) mass is 350 g/mol. The quantitative estimate of drug-likeness (QED) is 0.574. The Labute approximate surface area is 148 Å². The Balaban J connectivity index is 1.81. The van der Waals surface area contributed by atoms with Crippen LogP contribution in [0.3, 0.4) is 0 Å². The molecule has 2 heterocycles. The van der Waals surface area contributed by atoms with Gasteiger partial charge in [0.15, 0.2) is 5.69 Å². The maximum Gasteiger partial charge on any atom is 0.247 e. The minimum atomic E-state index is -0.892. The fourth-order valence-electron chi connectivity index (χ4n) is 2.61. The number of aromatic nitrogens is 3. The lowest BCUT2D eigenvalue weighted by Crippen LogP contribution is -2.35. The fraction of sp³-hybridized carbons (Fsp3) is 0.111. The van der Waals surface area contributed by atoms with E-state index in [-0.39, 0.29) is 5.78 Å². The zero-order valence-electron chi connectivity index (χ0n) is 13.3. The summed E-state index contributed by atoms with van der Waals surface area (Å²) in [4.78, 5) is 17.3. The van der Waals surface area contributed by atoms with Crippen molar-refractivity contribution >= 4 is 23.2 Å². The number of fused-ring (bicyclic) bond motifs is 3. The Kier molecular flexibility index (Phi) is 4.07. The number of nitrogens with zero attached hydrogens (tertiary/aromatic N) is 3. The Morgan fingerprint density at radius 2 is 1.84 bits per heavy atom. The number of carbonyl (C=O) groups excluding carboxylic acids is 1. The van der Waals surface area contributed by atoms with Crippen LogP contribution in [0.2, 0.25) is 0 Å². The molecule has 0 spiro atoms. The summed E-state index contributed by atoms with van der Waals surface area (Å²) in [5, 5.41) is 12.0. The second kappa shape index (κ2) is 6.52. The minimum Gasteiger partial charge on any atom is -0.444 e. The molecular weight excluding hydrogens is 336 g/mol. The molecule has 6 nitrogen and oxygen atoms in total. The summed E-state index contributed by atoms with van der Waals surface area (Å²) in [6, 6.07) is 16.6. The van der Waals surface area contributed by atoms with Crippen molar-refractivity contribution in [2.45, 2.75) is 11.4 Å². The molecule has 0 radical (unpaired) electrons. The average molecular weight is 350 g/mol. The predicted octanol–water partition coefficient (Wildman–Crippen LogP) is 3.27. The number of carbonyl (C=O) groups is 1. The van der Waals surface area contributed by atoms with E-state index in [1.807, 2.05) is 48.7 Å². The van der Waals surface area contributed by atoms with Crippen LogP contribution < -0.4 is 10.1 Å². The molecule has 1 aliphatic heterocycles. The highest BCUT2D eigenvalue weighted by Crippen LogP contribution is 2.36. The van der Waals surface area contributed by atoms with Crippen LogP contribution in [0.5, 0.6) is 5.88 Å². The number of anilines is 1. The van der Waals surface area contributed by atoms with Crippen molar-refractivity contribution < 1.29 is 9.53 Å². The number of hydrogen-bond donors (Lipinski definition) is 1. The number of rotatable bonds is 3. The molecule has 1 aliphatic rings. The Bertz CT molecular complexity index is 933. The Hall–Kier alpha value is -2.93. The molecule has 25 heavy (non-hydrogen) atoms. The summed E-state index contributed by atoms with van der Waals surface area (Å²) in [5.41, 5.74) is 2.63. The second-order valence-electron chi connectivity index (χ2n) is 5.37. The van der Waals surface area contributed by atoms with E-state index < -0.39 is 6.23 Å². The van der Waals surface area contributed by atoms with Gasteiger partial charge in [0, 0.05) is 16.8 Å². The summed E-state index contributed by atoms with van der Waals surface area (Å²) in [6.07, 6.45) is 0.968. The molecule has 0 amide bonds. The van der Waals surface area contributed by atoms with Gasteiger partial charge in [0.2, 0.25) is 23.0 Å². The topological polar surface area (TPSA) is 77.0 Å². The van der Waals surface area contributed by atoms with Crippen LogP contribution in [-0.2, 0) is 0 Å². The lowest BCUT2D eigenvalue weighted by molar-refractivity contribution is 0.0823. The first-order valence-electron chi connectivity index (χ1n) is 7.67. The van der Waals surface area contributed by atoms with E-state index in [2.05, 4.69) is 20.5 Å². The summed E-state index contributed by atoms with van der Waals surface area (Å²) in [7, 11) is 0. The zero-order valence-corrected chi connectivity index (χ0v) is 14.2. The molecule has 0 aliphatic carbocycles. The molecule has 1 aromatic heterocycles. The van der Waals surface area contributed by atoms with Gasteiger partial charge in [-0.25, -0.2) is 0 Å². The summed E-state index contributed by atoms with van der Waals surface area (Å²) in [6.45, 7) is 0. The van der Waals surface area contributed by atoms with Crippen molar-refractivity contribution in [3.63, 3.8) is 0 Å². The molecule has 7 heteroatoms. The molecule has 0 bridgehead atoms. The number of hydrogen-bond acceptors (Lipinski definition) is 7. The van der Waals surface area contributed by atoms with E-state index in [0.717, 1.165) is 11.3 Å². The average Bonchev–Trinajstić information content (AvgIpc) is 2.84. The van der Waals surface area contributed by atoms with Gasteiger partial charge in [-0.2, -0.15) is 4.98 Å². The molecule has 0 fully saturated rings. The fourth-order valence-corrected chi connectivity index (χ4v) is 2.90. The maximum absolute atomic E-state index is 12.9. The summed E-state index contributed by atoms with van der Waals surface area (Å²) < 4.78 is 5.91. The van der Waals surface area contributed by atoms with E-state index in [1.165, 1.54) is 11.8 Å². The Morgan fingerprint density at radius 1 is 1.08 bits per heavy atom. The van der Waals surface area contributed by atoms with Gasteiger partial charge in [0.1, 0.15) is 0 Å². The number of ketones is 1. The van der Waals surface area contributed by atoms with Gasteiger partial charge in [-0.05, 0) is 12.3 Å². The van der Waals surface area contributed by atoms with Crippen LogP contribution >= 0.6 is 11.8 Å². The lowest BCUT2D eigenvalue weighted by atomic mass is 10.1. The number of benzene rings is 2. The molecule has 1 atom stereocenters. The smallest absolute Gasteiger partial charge is 0.247 e. The van der Waals surface area contributed by atoms with Gasteiger partial charge < -0.3 is 10.1 Å². The summed E-state index contributed by atoms with van der Waals surface area (Å²) in [5.74, 6) is 0.124. The van der Waals surface area contributed by atoms with E-state index >= 15 is 0 Å².